The number of hydrogen-bond donors (Lipinski definition) is 2. The van der Waals surface area contributed by atoms with E-state index in [1.807, 2.05) is 0 Å². The first-order chi connectivity index (χ1) is 8.60. The normalized spacial score (nSPS) is 17.1. The Hall–Kier alpha value is -0.800. The second kappa shape index (κ2) is 5.68. The van der Waals surface area contributed by atoms with E-state index in [1.165, 1.54) is 6.07 Å². The molecule has 0 bridgehead atoms. The fraction of sp³-hybridized carbons (Fsp3) is 0.500. The lowest BCUT2D eigenvalue weighted by Gasteiger charge is -2.29. The SMILES string of the molecule is N[C@@](CF)(C[C@H](O)C(F)(F)F)c1nc(Br)ccc1F. The van der Waals surface area contributed by atoms with Crippen LogP contribution < -0.4 is 5.73 Å². The highest BCUT2D eigenvalue weighted by Gasteiger charge is 2.45. The summed E-state index contributed by atoms with van der Waals surface area (Å²) in [4.78, 5) is 3.55. The first kappa shape index (κ1) is 16.3. The second-order valence-electron chi connectivity index (χ2n) is 4.02. The van der Waals surface area contributed by atoms with Crippen LogP contribution in [-0.4, -0.2) is 29.0 Å². The van der Waals surface area contributed by atoms with Crippen LogP contribution in [0.4, 0.5) is 22.0 Å². The van der Waals surface area contributed by atoms with Crippen molar-refractivity contribution in [2.24, 2.45) is 5.73 Å². The van der Waals surface area contributed by atoms with Gasteiger partial charge in [-0.05, 0) is 28.1 Å². The van der Waals surface area contributed by atoms with Crippen LogP contribution >= 0.6 is 15.9 Å². The van der Waals surface area contributed by atoms with E-state index in [-0.39, 0.29) is 4.60 Å². The van der Waals surface area contributed by atoms with Crippen molar-refractivity contribution in [2.45, 2.75) is 24.2 Å². The molecule has 9 heteroatoms. The number of aliphatic hydroxyl groups excluding tert-OH is 1. The lowest BCUT2D eigenvalue weighted by Crippen LogP contribution is -2.47. The molecule has 3 nitrogen and oxygen atoms in total. The third-order valence-electron chi connectivity index (χ3n) is 2.46. The van der Waals surface area contributed by atoms with Crippen molar-refractivity contribution in [1.29, 1.82) is 0 Å². The zero-order valence-corrected chi connectivity index (χ0v) is 11.0. The van der Waals surface area contributed by atoms with Crippen LogP contribution in [-0.2, 0) is 5.54 Å². The Kier molecular flexibility index (Phi) is 4.86. The lowest BCUT2D eigenvalue weighted by molar-refractivity contribution is -0.210. The fourth-order valence-corrected chi connectivity index (χ4v) is 1.75. The molecule has 1 heterocycles. The highest BCUT2D eigenvalue weighted by molar-refractivity contribution is 9.10. The number of aromatic nitrogens is 1. The maximum atomic E-state index is 13.5. The number of hydrogen-bond acceptors (Lipinski definition) is 3. The summed E-state index contributed by atoms with van der Waals surface area (Å²) in [6, 6.07) is 2.08. The molecule has 0 aromatic carbocycles. The second-order valence-corrected chi connectivity index (χ2v) is 4.83. The number of nitrogens with zero attached hydrogens (tertiary/aromatic N) is 1. The summed E-state index contributed by atoms with van der Waals surface area (Å²) in [6.07, 6.45) is -9.07. The predicted octanol–water partition coefficient (Wildman–Crippen LogP) is 2.42. The van der Waals surface area contributed by atoms with E-state index in [1.54, 1.807) is 0 Å². The molecule has 0 spiro atoms. The van der Waals surface area contributed by atoms with Gasteiger partial charge in [-0.15, -0.1) is 0 Å². The van der Waals surface area contributed by atoms with E-state index in [9.17, 15) is 22.0 Å². The third kappa shape index (κ3) is 3.83. The molecule has 19 heavy (non-hydrogen) atoms. The summed E-state index contributed by atoms with van der Waals surface area (Å²) >= 11 is 2.88. The summed E-state index contributed by atoms with van der Waals surface area (Å²) in [6.45, 7) is -1.50. The quantitative estimate of drug-likeness (QED) is 0.649. The van der Waals surface area contributed by atoms with Gasteiger partial charge in [0.25, 0.3) is 0 Å². The Morgan fingerprint density at radius 1 is 1.37 bits per heavy atom. The number of rotatable bonds is 4. The summed E-state index contributed by atoms with van der Waals surface area (Å²) < 4.78 is 63.3. The van der Waals surface area contributed by atoms with Crippen LogP contribution in [0.5, 0.6) is 0 Å². The average molecular weight is 349 g/mol. The van der Waals surface area contributed by atoms with Crippen LogP contribution in [0.15, 0.2) is 16.7 Å². The molecule has 0 saturated carbocycles. The molecule has 108 valence electrons. The first-order valence-corrected chi connectivity index (χ1v) is 5.81. The van der Waals surface area contributed by atoms with E-state index < -0.39 is 42.4 Å². The van der Waals surface area contributed by atoms with Crippen molar-refractivity contribution in [3.05, 3.63) is 28.2 Å². The molecule has 0 saturated heterocycles. The monoisotopic (exact) mass is 348 g/mol. The van der Waals surface area contributed by atoms with E-state index in [4.69, 9.17) is 10.8 Å². The largest absolute Gasteiger partial charge is 0.414 e. The molecule has 1 aromatic rings. The molecule has 1 rings (SSSR count). The van der Waals surface area contributed by atoms with Gasteiger partial charge in [0.05, 0.1) is 11.2 Å². The Morgan fingerprint density at radius 2 is 1.95 bits per heavy atom. The number of aliphatic hydroxyl groups is 1. The van der Waals surface area contributed by atoms with Gasteiger partial charge < -0.3 is 10.8 Å². The summed E-state index contributed by atoms with van der Waals surface area (Å²) in [5, 5.41) is 8.94. The molecule has 1 aromatic heterocycles. The van der Waals surface area contributed by atoms with Crippen molar-refractivity contribution < 1.29 is 27.1 Å². The van der Waals surface area contributed by atoms with Gasteiger partial charge in [-0.2, -0.15) is 13.2 Å². The van der Waals surface area contributed by atoms with E-state index in [2.05, 4.69) is 20.9 Å². The molecular formula is C10H10BrF5N2O. The third-order valence-corrected chi connectivity index (χ3v) is 2.90. The molecule has 0 aliphatic rings. The molecule has 3 N–H and O–H groups in total. The topological polar surface area (TPSA) is 59.1 Å². The lowest BCUT2D eigenvalue weighted by atomic mass is 9.90. The summed E-state index contributed by atoms with van der Waals surface area (Å²) in [7, 11) is 0. The zero-order valence-electron chi connectivity index (χ0n) is 9.39. The predicted molar refractivity (Wildman–Crippen MR) is 60.4 cm³/mol. The summed E-state index contributed by atoms with van der Waals surface area (Å²) in [5.41, 5.74) is 2.40. The fourth-order valence-electron chi connectivity index (χ4n) is 1.44. The van der Waals surface area contributed by atoms with Gasteiger partial charge in [0.2, 0.25) is 0 Å². The van der Waals surface area contributed by atoms with Crippen molar-refractivity contribution >= 4 is 15.9 Å². The molecule has 0 aliphatic heterocycles. The zero-order chi connectivity index (χ0) is 14.8. The van der Waals surface area contributed by atoms with Crippen molar-refractivity contribution in [3.8, 4) is 0 Å². The minimum atomic E-state index is -4.97. The molecule has 0 unspecified atom stereocenters. The Labute approximate surface area is 113 Å². The van der Waals surface area contributed by atoms with Crippen LogP contribution in [0.1, 0.15) is 12.1 Å². The van der Waals surface area contributed by atoms with Crippen LogP contribution in [0.3, 0.4) is 0 Å². The minimum Gasteiger partial charge on any atom is -0.384 e. The number of pyridine rings is 1. The highest BCUT2D eigenvalue weighted by Crippen LogP contribution is 2.32. The van der Waals surface area contributed by atoms with Crippen molar-refractivity contribution in [1.82, 2.24) is 4.98 Å². The van der Waals surface area contributed by atoms with Crippen LogP contribution in [0, 0.1) is 5.82 Å². The van der Waals surface area contributed by atoms with Gasteiger partial charge in [0.1, 0.15) is 17.1 Å². The van der Waals surface area contributed by atoms with Gasteiger partial charge in [-0.1, -0.05) is 0 Å². The van der Waals surface area contributed by atoms with Crippen LogP contribution in [0.2, 0.25) is 0 Å². The van der Waals surface area contributed by atoms with E-state index in [0.29, 0.717) is 0 Å². The van der Waals surface area contributed by atoms with E-state index >= 15 is 0 Å². The maximum absolute atomic E-state index is 13.5. The number of alkyl halides is 4. The van der Waals surface area contributed by atoms with Crippen molar-refractivity contribution in [2.75, 3.05) is 6.67 Å². The molecule has 0 aliphatic carbocycles. The number of halogens is 6. The Bertz CT molecular complexity index is 456. The first-order valence-electron chi connectivity index (χ1n) is 5.02. The average Bonchev–Trinajstić information content (AvgIpc) is 2.30. The number of nitrogens with two attached hydrogens (primary N) is 1. The Morgan fingerprint density at radius 3 is 2.42 bits per heavy atom. The van der Waals surface area contributed by atoms with Gasteiger partial charge in [0.15, 0.2) is 6.10 Å². The minimum absolute atomic E-state index is 0.0914. The van der Waals surface area contributed by atoms with Gasteiger partial charge in [-0.25, -0.2) is 13.8 Å². The Balaban J connectivity index is 3.13. The standard InChI is InChI=1S/C10H10BrF5N2O/c11-7-2-1-5(13)8(18-7)9(17,4-12)3-6(19)10(14,15)16/h1-2,6,19H,3-4,17H2/t6-,9+/m0/s1. The van der Waals surface area contributed by atoms with Gasteiger partial charge >= 0.3 is 6.18 Å². The summed E-state index contributed by atoms with van der Waals surface area (Å²) in [5.74, 6) is -1.04. The molecule has 0 radical (unpaired) electrons. The van der Waals surface area contributed by atoms with Crippen LogP contribution in [0.25, 0.3) is 0 Å². The van der Waals surface area contributed by atoms with Gasteiger partial charge in [-0.3, -0.25) is 0 Å². The van der Waals surface area contributed by atoms with E-state index in [0.717, 1.165) is 6.07 Å². The maximum Gasteiger partial charge on any atom is 0.414 e. The highest BCUT2D eigenvalue weighted by atomic mass is 79.9. The van der Waals surface area contributed by atoms with Gasteiger partial charge in [0, 0.05) is 6.42 Å². The smallest absolute Gasteiger partial charge is 0.384 e. The molecule has 0 fully saturated rings. The molecule has 0 amide bonds. The molecular weight excluding hydrogens is 339 g/mol. The molecule has 2 atom stereocenters. The van der Waals surface area contributed by atoms with Crippen molar-refractivity contribution in [3.63, 3.8) is 0 Å².